The normalized spacial score (nSPS) is 10.5. The van der Waals surface area contributed by atoms with Crippen molar-refractivity contribution in [1.29, 1.82) is 0 Å². The van der Waals surface area contributed by atoms with Gasteiger partial charge < -0.3 is 4.74 Å². The molecule has 0 spiro atoms. The van der Waals surface area contributed by atoms with Crippen molar-refractivity contribution in [2.75, 3.05) is 6.61 Å². The van der Waals surface area contributed by atoms with Gasteiger partial charge in [0.25, 0.3) is 0 Å². The fourth-order valence-electron chi connectivity index (χ4n) is 2.78. The first-order valence-electron chi connectivity index (χ1n) is 9.15. The Morgan fingerprint density at radius 3 is 1.92 bits per heavy atom. The summed E-state index contributed by atoms with van der Waals surface area (Å²) < 4.78 is 5.95. The Balaban J connectivity index is 1.72. The molecule has 0 aliphatic rings. The van der Waals surface area contributed by atoms with Gasteiger partial charge in [0.05, 0.1) is 6.61 Å². The van der Waals surface area contributed by atoms with Gasteiger partial charge in [-0.3, -0.25) is 9.59 Å². The summed E-state index contributed by atoms with van der Waals surface area (Å²) in [4.78, 5) is 23.5. The van der Waals surface area contributed by atoms with Crippen LogP contribution >= 0.6 is 15.9 Å². The summed E-state index contributed by atoms with van der Waals surface area (Å²) in [6.07, 6.45) is 4.62. The zero-order chi connectivity index (χ0) is 18.8. The van der Waals surface area contributed by atoms with Gasteiger partial charge in [-0.1, -0.05) is 65.2 Å². The number of hydrogen-bond acceptors (Lipinski definition) is 3. The second-order valence-electron chi connectivity index (χ2n) is 6.23. The first-order valence-corrected chi connectivity index (χ1v) is 9.94. The zero-order valence-electron chi connectivity index (χ0n) is 15.2. The predicted molar refractivity (Wildman–Crippen MR) is 108 cm³/mol. The lowest BCUT2D eigenvalue weighted by atomic mass is 10.00. The number of carbonyl (C=O) groups is 2. The molecular weight excluding hydrogens is 392 g/mol. The molecule has 0 saturated heterocycles. The van der Waals surface area contributed by atoms with Crippen LogP contribution in [0.3, 0.4) is 0 Å². The summed E-state index contributed by atoms with van der Waals surface area (Å²) in [7, 11) is 0. The van der Waals surface area contributed by atoms with Gasteiger partial charge in [0.2, 0.25) is 0 Å². The van der Waals surface area contributed by atoms with E-state index in [1.807, 2.05) is 43.3 Å². The lowest BCUT2D eigenvalue weighted by Crippen LogP contribution is -2.03. The van der Waals surface area contributed by atoms with Crippen molar-refractivity contribution in [1.82, 2.24) is 0 Å². The third-order valence-corrected chi connectivity index (χ3v) is 4.75. The molecule has 0 fully saturated rings. The molecule has 0 atom stereocenters. The Bertz CT molecular complexity index is 705. The van der Waals surface area contributed by atoms with Crippen molar-refractivity contribution in [2.24, 2.45) is 0 Å². The molecule has 0 amide bonds. The van der Waals surface area contributed by atoms with Crippen molar-refractivity contribution >= 4 is 27.7 Å². The third kappa shape index (κ3) is 6.75. The van der Waals surface area contributed by atoms with E-state index in [1.54, 1.807) is 0 Å². The molecular formula is C22H25BrO3. The summed E-state index contributed by atoms with van der Waals surface area (Å²) in [6, 6.07) is 15.9. The van der Waals surface area contributed by atoms with Gasteiger partial charge in [-0.05, 0) is 43.0 Å². The highest BCUT2D eigenvalue weighted by Crippen LogP contribution is 2.22. The van der Waals surface area contributed by atoms with E-state index >= 15 is 0 Å². The maximum absolute atomic E-state index is 12.3. The van der Waals surface area contributed by atoms with Crippen molar-refractivity contribution < 1.29 is 14.3 Å². The summed E-state index contributed by atoms with van der Waals surface area (Å²) >= 11 is 3.43. The summed E-state index contributed by atoms with van der Waals surface area (Å²) in [5.74, 6) is 0.0483. The maximum atomic E-state index is 12.3. The molecule has 0 heterocycles. The van der Waals surface area contributed by atoms with Crippen LogP contribution in [0.2, 0.25) is 0 Å². The van der Waals surface area contributed by atoms with Gasteiger partial charge in [-0.2, -0.15) is 0 Å². The lowest BCUT2D eigenvalue weighted by Gasteiger charge is -2.05. The number of Topliss-reactive ketones (excluding diaryl/α,β-unsaturated/α-hetero) is 1. The first kappa shape index (κ1) is 20.4. The molecule has 138 valence electrons. The van der Waals surface area contributed by atoms with Crippen LogP contribution in [0.15, 0.2) is 53.0 Å². The number of benzene rings is 2. The number of carbonyl (C=O) groups excluding carboxylic acids is 2. The minimum absolute atomic E-state index is 0.130. The fraction of sp³-hybridized carbons (Fsp3) is 0.364. The van der Waals surface area contributed by atoms with E-state index in [0.717, 1.165) is 46.8 Å². The number of rotatable bonds is 10. The Labute approximate surface area is 163 Å². The average molecular weight is 417 g/mol. The van der Waals surface area contributed by atoms with Crippen LogP contribution in [-0.4, -0.2) is 18.4 Å². The van der Waals surface area contributed by atoms with Crippen LogP contribution in [-0.2, 0) is 9.53 Å². The van der Waals surface area contributed by atoms with Crippen molar-refractivity contribution in [3.63, 3.8) is 0 Å². The van der Waals surface area contributed by atoms with Crippen LogP contribution in [0.5, 0.6) is 0 Å². The standard InChI is InChI=1S/C22H25BrO3/c1-2-26-22(25)8-6-4-3-5-7-21(24)19-11-9-17(10-12-19)18-13-15-20(23)16-14-18/h9-16H,2-8H2,1H3. The predicted octanol–water partition coefficient (Wildman–Crippen LogP) is 6.20. The molecule has 0 aromatic heterocycles. The number of ketones is 1. The van der Waals surface area contributed by atoms with Crippen LogP contribution in [0.25, 0.3) is 11.1 Å². The van der Waals surface area contributed by atoms with Gasteiger partial charge in [0, 0.05) is 22.9 Å². The third-order valence-electron chi connectivity index (χ3n) is 4.22. The lowest BCUT2D eigenvalue weighted by molar-refractivity contribution is -0.143. The minimum Gasteiger partial charge on any atom is -0.466 e. The van der Waals surface area contributed by atoms with E-state index in [1.165, 1.54) is 0 Å². The highest BCUT2D eigenvalue weighted by atomic mass is 79.9. The summed E-state index contributed by atoms with van der Waals surface area (Å²) in [5.41, 5.74) is 3.00. The van der Waals surface area contributed by atoms with Crippen LogP contribution in [0.1, 0.15) is 55.8 Å². The van der Waals surface area contributed by atoms with E-state index in [-0.39, 0.29) is 11.8 Å². The second kappa shape index (κ2) is 10.9. The molecule has 0 aliphatic heterocycles. The van der Waals surface area contributed by atoms with Gasteiger partial charge in [0.1, 0.15) is 0 Å². The number of esters is 1. The molecule has 0 radical (unpaired) electrons. The number of ether oxygens (including phenoxy) is 1. The topological polar surface area (TPSA) is 43.4 Å². The average Bonchev–Trinajstić information content (AvgIpc) is 2.65. The molecule has 0 unspecified atom stereocenters. The van der Waals surface area contributed by atoms with E-state index in [4.69, 9.17) is 4.74 Å². The van der Waals surface area contributed by atoms with E-state index in [2.05, 4.69) is 28.1 Å². The van der Waals surface area contributed by atoms with Gasteiger partial charge >= 0.3 is 5.97 Å². The quantitative estimate of drug-likeness (QED) is 0.263. The molecule has 0 bridgehead atoms. The van der Waals surface area contributed by atoms with Crippen molar-refractivity contribution in [3.8, 4) is 11.1 Å². The molecule has 2 rings (SSSR count). The highest BCUT2D eigenvalue weighted by molar-refractivity contribution is 9.10. The van der Waals surface area contributed by atoms with Gasteiger partial charge in [-0.15, -0.1) is 0 Å². The van der Waals surface area contributed by atoms with Gasteiger partial charge in [0.15, 0.2) is 5.78 Å². The molecule has 26 heavy (non-hydrogen) atoms. The van der Waals surface area contributed by atoms with Crippen molar-refractivity contribution in [2.45, 2.75) is 45.4 Å². The Hall–Kier alpha value is -1.94. The zero-order valence-corrected chi connectivity index (χ0v) is 16.8. The van der Waals surface area contributed by atoms with Crippen molar-refractivity contribution in [3.05, 3.63) is 58.6 Å². The van der Waals surface area contributed by atoms with E-state index in [9.17, 15) is 9.59 Å². The van der Waals surface area contributed by atoms with Crippen LogP contribution < -0.4 is 0 Å². The molecule has 4 heteroatoms. The Morgan fingerprint density at radius 2 is 1.35 bits per heavy atom. The molecule has 0 saturated carbocycles. The van der Waals surface area contributed by atoms with Gasteiger partial charge in [-0.25, -0.2) is 0 Å². The molecule has 3 nitrogen and oxygen atoms in total. The van der Waals surface area contributed by atoms with E-state index < -0.39 is 0 Å². The molecule has 2 aromatic carbocycles. The second-order valence-corrected chi connectivity index (χ2v) is 7.14. The van der Waals surface area contributed by atoms with E-state index in [0.29, 0.717) is 19.4 Å². The van der Waals surface area contributed by atoms with Crippen LogP contribution in [0, 0.1) is 0 Å². The molecule has 2 aromatic rings. The molecule has 0 aliphatic carbocycles. The van der Waals surface area contributed by atoms with Crippen LogP contribution in [0.4, 0.5) is 0 Å². The summed E-state index contributed by atoms with van der Waals surface area (Å²) in [5, 5.41) is 0. The number of unbranched alkanes of at least 4 members (excludes halogenated alkanes) is 3. The smallest absolute Gasteiger partial charge is 0.305 e. The monoisotopic (exact) mass is 416 g/mol. The maximum Gasteiger partial charge on any atom is 0.305 e. The largest absolute Gasteiger partial charge is 0.466 e. The Kier molecular flexibility index (Phi) is 8.56. The number of hydrogen-bond donors (Lipinski definition) is 0. The SMILES string of the molecule is CCOC(=O)CCCCCCC(=O)c1ccc(-c2ccc(Br)cc2)cc1. The molecule has 0 N–H and O–H groups in total. The fourth-order valence-corrected chi connectivity index (χ4v) is 3.04. The first-order chi connectivity index (χ1) is 12.6. The Morgan fingerprint density at radius 1 is 0.808 bits per heavy atom. The highest BCUT2D eigenvalue weighted by Gasteiger charge is 2.07. The summed E-state index contributed by atoms with van der Waals surface area (Å²) in [6.45, 7) is 2.25. The number of halogens is 1. The minimum atomic E-state index is -0.130.